The molecular formula is C16H20FNO4. The molecule has 0 radical (unpaired) electrons. The van der Waals surface area contributed by atoms with Crippen molar-refractivity contribution < 1.29 is 23.8 Å². The van der Waals surface area contributed by atoms with Gasteiger partial charge in [0.25, 0.3) is 0 Å². The fraction of sp³-hybridized carbons (Fsp3) is 0.500. The molecule has 2 rings (SSSR count). The Morgan fingerprint density at radius 2 is 2.18 bits per heavy atom. The molecule has 1 N–H and O–H groups in total. The van der Waals surface area contributed by atoms with E-state index in [9.17, 15) is 14.0 Å². The van der Waals surface area contributed by atoms with Gasteiger partial charge in [0.15, 0.2) is 0 Å². The molecule has 0 spiro atoms. The molecule has 1 amide bonds. The molecule has 0 aliphatic carbocycles. The summed E-state index contributed by atoms with van der Waals surface area (Å²) in [4.78, 5) is 24.6. The van der Waals surface area contributed by atoms with E-state index >= 15 is 0 Å². The van der Waals surface area contributed by atoms with Gasteiger partial charge in [-0.25, -0.2) is 4.39 Å². The first-order chi connectivity index (χ1) is 10.5. The summed E-state index contributed by atoms with van der Waals surface area (Å²) in [5.41, 5.74) is 0.520. The van der Waals surface area contributed by atoms with Crippen molar-refractivity contribution in [1.82, 2.24) is 4.90 Å². The summed E-state index contributed by atoms with van der Waals surface area (Å²) in [5, 5.41) is 8.79. The van der Waals surface area contributed by atoms with Crippen molar-refractivity contribution in [3.05, 3.63) is 35.6 Å². The van der Waals surface area contributed by atoms with Crippen molar-refractivity contribution in [1.29, 1.82) is 0 Å². The molecule has 1 aromatic rings. The molecule has 1 saturated heterocycles. The number of carbonyl (C=O) groups is 2. The number of morpholine rings is 1. The SMILES string of the molecule is C[C@H](CC(=O)N1CCO[C@H](CC(=O)O)C1)c1ccccc1F. The molecule has 5 nitrogen and oxygen atoms in total. The average Bonchev–Trinajstić information content (AvgIpc) is 2.47. The smallest absolute Gasteiger partial charge is 0.306 e. The van der Waals surface area contributed by atoms with Crippen LogP contribution in [0.4, 0.5) is 4.39 Å². The van der Waals surface area contributed by atoms with Gasteiger partial charge in [0.05, 0.1) is 19.1 Å². The Hall–Kier alpha value is -1.95. The molecule has 0 saturated carbocycles. The number of amides is 1. The van der Waals surface area contributed by atoms with Gasteiger partial charge in [-0.2, -0.15) is 0 Å². The topological polar surface area (TPSA) is 66.8 Å². The lowest BCUT2D eigenvalue weighted by atomic mass is 9.96. The van der Waals surface area contributed by atoms with E-state index < -0.39 is 12.1 Å². The van der Waals surface area contributed by atoms with Crippen molar-refractivity contribution in [2.24, 2.45) is 0 Å². The second kappa shape index (κ2) is 7.35. The van der Waals surface area contributed by atoms with E-state index in [2.05, 4.69) is 0 Å². The number of hydrogen-bond donors (Lipinski definition) is 1. The highest BCUT2D eigenvalue weighted by atomic mass is 19.1. The van der Waals surface area contributed by atoms with Gasteiger partial charge in [0.1, 0.15) is 5.82 Å². The third-order valence-electron chi connectivity index (χ3n) is 3.81. The third-order valence-corrected chi connectivity index (χ3v) is 3.81. The minimum atomic E-state index is -0.945. The van der Waals surface area contributed by atoms with Gasteiger partial charge in [-0.05, 0) is 17.5 Å². The van der Waals surface area contributed by atoms with Crippen LogP contribution in [0.1, 0.15) is 31.2 Å². The maximum absolute atomic E-state index is 13.7. The van der Waals surface area contributed by atoms with Crippen LogP contribution in [0.5, 0.6) is 0 Å². The minimum Gasteiger partial charge on any atom is -0.481 e. The first-order valence-corrected chi connectivity index (χ1v) is 7.33. The lowest BCUT2D eigenvalue weighted by molar-refractivity contribution is -0.147. The van der Waals surface area contributed by atoms with E-state index in [1.165, 1.54) is 6.07 Å². The Bertz CT molecular complexity index is 549. The van der Waals surface area contributed by atoms with Crippen LogP contribution in [0, 0.1) is 5.82 Å². The van der Waals surface area contributed by atoms with Crippen LogP contribution in [0.25, 0.3) is 0 Å². The van der Waals surface area contributed by atoms with Gasteiger partial charge >= 0.3 is 5.97 Å². The summed E-state index contributed by atoms with van der Waals surface area (Å²) in [5.74, 6) is -1.59. The summed E-state index contributed by atoms with van der Waals surface area (Å²) in [6.45, 7) is 2.86. The molecule has 120 valence electrons. The normalized spacial score (nSPS) is 19.7. The highest BCUT2D eigenvalue weighted by molar-refractivity contribution is 5.77. The van der Waals surface area contributed by atoms with Crippen molar-refractivity contribution >= 4 is 11.9 Å². The Labute approximate surface area is 128 Å². The number of carboxylic acid groups (broad SMARTS) is 1. The van der Waals surface area contributed by atoms with Crippen LogP contribution in [-0.4, -0.2) is 47.7 Å². The fourth-order valence-electron chi connectivity index (χ4n) is 2.64. The summed E-state index contributed by atoms with van der Waals surface area (Å²) < 4.78 is 19.1. The van der Waals surface area contributed by atoms with Crippen LogP contribution in [0.15, 0.2) is 24.3 Å². The maximum Gasteiger partial charge on any atom is 0.306 e. The van der Waals surface area contributed by atoms with E-state index in [4.69, 9.17) is 9.84 Å². The van der Waals surface area contributed by atoms with E-state index in [1.54, 1.807) is 23.1 Å². The number of carbonyl (C=O) groups excluding carboxylic acids is 1. The Balaban J connectivity index is 1.94. The van der Waals surface area contributed by atoms with E-state index in [0.717, 1.165) is 0 Å². The zero-order valence-corrected chi connectivity index (χ0v) is 12.5. The second-order valence-corrected chi connectivity index (χ2v) is 5.56. The molecule has 22 heavy (non-hydrogen) atoms. The van der Waals surface area contributed by atoms with Gasteiger partial charge in [-0.15, -0.1) is 0 Å². The molecular weight excluding hydrogens is 289 g/mol. The van der Waals surface area contributed by atoms with Gasteiger partial charge in [0.2, 0.25) is 5.91 Å². The molecule has 0 unspecified atom stereocenters. The number of aliphatic carboxylic acids is 1. The Morgan fingerprint density at radius 3 is 2.86 bits per heavy atom. The maximum atomic E-state index is 13.7. The highest BCUT2D eigenvalue weighted by Crippen LogP contribution is 2.23. The summed E-state index contributed by atoms with van der Waals surface area (Å²) in [7, 11) is 0. The molecule has 0 bridgehead atoms. The second-order valence-electron chi connectivity index (χ2n) is 5.56. The van der Waals surface area contributed by atoms with E-state index in [0.29, 0.717) is 18.7 Å². The first-order valence-electron chi connectivity index (χ1n) is 7.33. The monoisotopic (exact) mass is 309 g/mol. The number of nitrogens with zero attached hydrogens (tertiary/aromatic N) is 1. The molecule has 1 aliphatic heterocycles. The van der Waals surface area contributed by atoms with Crippen LogP contribution in [-0.2, 0) is 14.3 Å². The van der Waals surface area contributed by atoms with Gasteiger partial charge in [0, 0.05) is 19.5 Å². The van der Waals surface area contributed by atoms with Crippen molar-refractivity contribution in [3.63, 3.8) is 0 Å². The van der Waals surface area contributed by atoms with Crippen molar-refractivity contribution in [3.8, 4) is 0 Å². The predicted molar refractivity (Wildman–Crippen MR) is 78.0 cm³/mol. The quantitative estimate of drug-likeness (QED) is 0.903. The van der Waals surface area contributed by atoms with E-state index in [1.807, 2.05) is 6.92 Å². The van der Waals surface area contributed by atoms with E-state index in [-0.39, 0.29) is 37.0 Å². The number of hydrogen-bond acceptors (Lipinski definition) is 3. The zero-order chi connectivity index (χ0) is 16.1. The predicted octanol–water partition coefficient (Wildman–Crippen LogP) is 2.02. The van der Waals surface area contributed by atoms with Gasteiger partial charge < -0.3 is 14.7 Å². The number of halogens is 1. The van der Waals surface area contributed by atoms with Gasteiger partial charge in [-0.1, -0.05) is 25.1 Å². The van der Waals surface area contributed by atoms with Crippen molar-refractivity contribution in [2.75, 3.05) is 19.7 Å². The molecule has 2 atom stereocenters. The van der Waals surface area contributed by atoms with Crippen molar-refractivity contribution in [2.45, 2.75) is 31.8 Å². The number of ether oxygens (including phenoxy) is 1. The minimum absolute atomic E-state index is 0.102. The van der Waals surface area contributed by atoms with Crippen LogP contribution < -0.4 is 0 Å². The lowest BCUT2D eigenvalue weighted by Crippen LogP contribution is -2.46. The number of rotatable bonds is 5. The van der Waals surface area contributed by atoms with Crippen LogP contribution in [0.2, 0.25) is 0 Å². The largest absolute Gasteiger partial charge is 0.481 e. The number of benzene rings is 1. The zero-order valence-electron chi connectivity index (χ0n) is 12.5. The average molecular weight is 309 g/mol. The summed E-state index contributed by atoms with van der Waals surface area (Å²) in [6.07, 6.45) is -0.396. The third kappa shape index (κ3) is 4.27. The van der Waals surface area contributed by atoms with Gasteiger partial charge in [-0.3, -0.25) is 9.59 Å². The standard InChI is InChI=1S/C16H20FNO4/c1-11(13-4-2-3-5-14(13)17)8-15(19)18-6-7-22-12(10-18)9-16(20)21/h2-5,11-12H,6-10H2,1H3,(H,20,21)/t11-,12-/m1/s1. The fourth-order valence-corrected chi connectivity index (χ4v) is 2.64. The molecule has 0 aromatic heterocycles. The molecule has 1 heterocycles. The lowest BCUT2D eigenvalue weighted by Gasteiger charge is -2.33. The highest BCUT2D eigenvalue weighted by Gasteiger charge is 2.27. The molecule has 1 aromatic carbocycles. The van der Waals surface area contributed by atoms with Crippen LogP contribution in [0.3, 0.4) is 0 Å². The molecule has 6 heteroatoms. The summed E-state index contributed by atoms with van der Waals surface area (Å²) in [6, 6.07) is 6.43. The molecule has 1 aliphatic rings. The van der Waals surface area contributed by atoms with Crippen LogP contribution >= 0.6 is 0 Å². The summed E-state index contributed by atoms with van der Waals surface area (Å²) >= 11 is 0. The Morgan fingerprint density at radius 1 is 1.45 bits per heavy atom. The first kappa shape index (κ1) is 16.4. The molecule has 1 fully saturated rings. The Kier molecular flexibility index (Phi) is 5.49. The number of carboxylic acids is 1.